The highest BCUT2D eigenvalue weighted by Gasteiger charge is 1.83. The van der Waals surface area contributed by atoms with Gasteiger partial charge in [-0.15, -0.1) is 0 Å². The Kier molecular flexibility index (Phi) is 6.62. The third-order valence-electron chi connectivity index (χ3n) is 1.48. The maximum absolute atomic E-state index is 3.90. The molecule has 70 valence electrons. The normalized spacial score (nSPS) is 12.6. The van der Waals surface area contributed by atoms with Crippen molar-refractivity contribution in [2.24, 2.45) is 0 Å². The summed E-state index contributed by atoms with van der Waals surface area (Å²) in [6.07, 6.45) is 12.9. The maximum atomic E-state index is 3.90. The molecule has 0 radical (unpaired) electrons. The van der Waals surface area contributed by atoms with Gasteiger partial charge in [0.1, 0.15) is 0 Å². The van der Waals surface area contributed by atoms with Crippen LogP contribution in [0.25, 0.3) is 0 Å². The predicted molar refractivity (Wildman–Crippen MR) is 61.7 cm³/mol. The topological polar surface area (TPSA) is 0 Å². The molecule has 0 atom stereocenters. The highest BCUT2D eigenvalue weighted by Crippen LogP contribution is 2.03. The van der Waals surface area contributed by atoms with Crippen LogP contribution in [-0.2, 0) is 0 Å². The molecule has 0 aromatic rings. The van der Waals surface area contributed by atoms with Crippen LogP contribution < -0.4 is 0 Å². The third-order valence-corrected chi connectivity index (χ3v) is 1.48. The average molecular weight is 174 g/mol. The number of rotatable bonds is 5. The first kappa shape index (κ1) is 11.7. The molecule has 0 unspecified atom stereocenters. The summed E-state index contributed by atoms with van der Waals surface area (Å²) < 4.78 is 0. The van der Waals surface area contributed by atoms with E-state index in [1.165, 1.54) is 5.57 Å². The van der Waals surface area contributed by atoms with Crippen LogP contribution in [0.2, 0.25) is 0 Å². The van der Waals surface area contributed by atoms with E-state index in [9.17, 15) is 0 Å². The zero-order chi connectivity index (χ0) is 10.1. The molecule has 0 bridgehead atoms. The van der Waals surface area contributed by atoms with Crippen LogP contribution >= 0.6 is 0 Å². The van der Waals surface area contributed by atoms with Crippen molar-refractivity contribution in [3.63, 3.8) is 0 Å². The van der Waals surface area contributed by atoms with E-state index < -0.39 is 0 Å². The second kappa shape index (κ2) is 7.35. The van der Waals surface area contributed by atoms with Crippen molar-refractivity contribution < 1.29 is 0 Å². The van der Waals surface area contributed by atoms with Crippen molar-refractivity contribution >= 4 is 0 Å². The van der Waals surface area contributed by atoms with Gasteiger partial charge in [0.05, 0.1) is 0 Å². The fourth-order valence-corrected chi connectivity index (χ4v) is 0.884. The largest absolute Gasteiger partial charge is 0.0991 e. The first-order valence-electron chi connectivity index (χ1n) is 4.53. The fourth-order valence-electron chi connectivity index (χ4n) is 0.884. The molecule has 0 saturated heterocycles. The molecule has 0 heterocycles. The third kappa shape index (κ3) is 7.07. The second-order valence-electron chi connectivity index (χ2n) is 2.87. The molecule has 0 fully saturated rings. The molecule has 0 aliphatic rings. The summed E-state index contributed by atoms with van der Waals surface area (Å²) in [7, 11) is 0. The average Bonchev–Trinajstić information content (AvgIpc) is 2.11. The minimum atomic E-state index is 0.998. The molecule has 0 amide bonds. The van der Waals surface area contributed by atoms with Crippen molar-refractivity contribution in [2.45, 2.75) is 20.3 Å². The summed E-state index contributed by atoms with van der Waals surface area (Å²) in [6, 6.07) is 0. The van der Waals surface area contributed by atoms with E-state index >= 15 is 0 Å². The van der Waals surface area contributed by atoms with Gasteiger partial charge in [-0.1, -0.05) is 62.1 Å². The van der Waals surface area contributed by atoms with Crippen LogP contribution in [0.4, 0.5) is 0 Å². The van der Waals surface area contributed by atoms with Gasteiger partial charge in [0.2, 0.25) is 0 Å². The lowest BCUT2D eigenvalue weighted by Gasteiger charge is -1.92. The highest BCUT2D eigenvalue weighted by atomic mass is 13.9. The summed E-state index contributed by atoms with van der Waals surface area (Å²) in [4.78, 5) is 0. The first-order chi connectivity index (χ1) is 6.20. The first-order valence-corrected chi connectivity index (χ1v) is 4.53. The van der Waals surface area contributed by atoms with E-state index in [-0.39, 0.29) is 0 Å². The molecule has 0 aromatic heterocycles. The van der Waals surface area contributed by atoms with E-state index in [2.05, 4.69) is 39.2 Å². The van der Waals surface area contributed by atoms with Crippen LogP contribution in [0.3, 0.4) is 0 Å². The summed E-state index contributed by atoms with van der Waals surface area (Å²) in [5.41, 5.74) is 2.22. The van der Waals surface area contributed by atoms with Crippen LogP contribution in [0, 0.1) is 0 Å². The van der Waals surface area contributed by atoms with Gasteiger partial charge < -0.3 is 0 Å². The van der Waals surface area contributed by atoms with E-state index in [4.69, 9.17) is 0 Å². The van der Waals surface area contributed by atoms with Gasteiger partial charge in [-0.25, -0.2) is 0 Å². The van der Waals surface area contributed by atoms with E-state index in [1.807, 2.05) is 18.2 Å². The summed E-state index contributed by atoms with van der Waals surface area (Å²) in [5.74, 6) is 0. The Hall–Kier alpha value is -1.30. The maximum Gasteiger partial charge on any atom is -0.0326 e. The van der Waals surface area contributed by atoms with Crippen LogP contribution in [0.1, 0.15) is 20.3 Å². The SMILES string of the molecule is C=C/C=C\C(=C)/C=C(C)\C=C/CC. The zero-order valence-corrected chi connectivity index (χ0v) is 8.59. The Morgan fingerprint density at radius 3 is 2.54 bits per heavy atom. The Labute approximate surface area is 81.7 Å². The molecule has 13 heavy (non-hydrogen) atoms. The highest BCUT2D eigenvalue weighted by molar-refractivity contribution is 5.34. The van der Waals surface area contributed by atoms with Crippen molar-refractivity contribution in [3.8, 4) is 0 Å². The Balaban J connectivity index is 4.21. The quantitative estimate of drug-likeness (QED) is 0.548. The number of allylic oxidation sites excluding steroid dienone is 8. The zero-order valence-electron chi connectivity index (χ0n) is 8.59. The van der Waals surface area contributed by atoms with Gasteiger partial charge >= 0.3 is 0 Å². The lowest BCUT2D eigenvalue weighted by atomic mass is 10.1. The smallest absolute Gasteiger partial charge is 0.0326 e. The van der Waals surface area contributed by atoms with Crippen molar-refractivity contribution in [1.82, 2.24) is 0 Å². The fraction of sp³-hybridized carbons (Fsp3) is 0.231. The Morgan fingerprint density at radius 2 is 2.00 bits per heavy atom. The summed E-state index contributed by atoms with van der Waals surface area (Å²) >= 11 is 0. The number of hydrogen-bond acceptors (Lipinski definition) is 0. The van der Waals surface area contributed by atoms with Crippen molar-refractivity contribution in [1.29, 1.82) is 0 Å². The molecule has 0 aliphatic heterocycles. The van der Waals surface area contributed by atoms with E-state index in [0.717, 1.165) is 12.0 Å². The molecular formula is C13H18. The van der Waals surface area contributed by atoms with Gasteiger partial charge in [-0.2, -0.15) is 0 Å². The van der Waals surface area contributed by atoms with Gasteiger partial charge in [-0.3, -0.25) is 0 Å². The number of hydrogen-bond donors (Lipinski definition) is 0. The van der Waals surface area contributed by atoms with Gasteiger partial charge in [0, 0.05) is 0 Å². The lowest BCUT2D eigenvalue weighted by molar-refractivity contribution is 1.22. The van der Waals surface area contributed by atoms with E-state index in [1.54, 1.807) is 6.08 Å². The van der Waals surface area contributed by atoms with Crippen LogP contribution in [0.15, 0.2) is 60.8 Å². The van der Waals surface area contributed by atoms with Gasteiger partial charge in [0.25, 0.3) is 0 Å². The molecule has 0 aromatic carbocycles. The summed E-state index contributed by atoms with van der Waals surface area (Å²) in [6.45, 7) is 11.7. The standard InChI is InChI=1S/C13H18/c1-5-7-9-12(3)11-13(4)10-8-6-2/h5,7-11H,1,3,6H2,2,4H3/b9-7-,10-8-,13-11-. The molecular weight excluding hydrogens is 156 g/mol. The van der Waals surface area contributed by atoms with Crippen molar-refractivity contribution in [3.05, 3.63) is 60.8 Å². The summed E-state index contributed by atoms with van der Waals surface area (Å²) in [5, 5.41) is 0. The van der Waals surface area contributed by atoms with Crippen LogP contribution in [-0.4, -0.2) is 0 Å². The minimum absolute atomic E-state index is 0.998. The molecule has 0 spiro atoms. The monoisotopic (exact) mass is 174 g/mol. The second-order valence-corrected chi connectivity index (χ2v) is 2.87. The molecule has 0 heteroatoms. The predicted octanol–water partition coefficient (Wildman–Crippen LogP) is 4.20. The molecule has 0 saturated carbocycles. The van der Waals surface area contributed by atoms with Gasteiger partial charge in [0.15, 0.2) is 0 Å². The molecule has 0 rings (SSSR count). The Morgan fingerprint density at radius 1 is 1.31 bits per heavy atom. The van der Waals surface area contributed by atoms with Crippen molar-refractivity contribution in [2.75, 3.05) is 0 Å². The molecule has 0 aliphatic carbocycles. The minimum Gasteiger partial charge on any atom is -0.0991 e. The Bertz CT molecular complexity index is 249. The van der Waals surface area contributed by atoms with Crippen LogP contribution in [0.5, 0.6) is 0 Å². The lowest BCUT2D eigenvalue weighted by Crippen LogP contribution is -1.72. The molecule has 0 nitrogen and oxygen atoms in total. The molecule has 0 N–H and O–H groups in total. The van der Waals surface area contributed by atoms with E-state index in [0.29, 0.717) is 0 Å². The van der Waals surface area contributed by atoms with Gasteiger partial charge in [-0.05, 0) is 18.9 Å².